The molecule has 0 spiro atoms. The predicted octanol–water partition coefficient (Wildman–Crippen LogP) is 4.58. The van der Waals surface area contributed by atoms with Crippen LogP contribution >= 0.6 is 0 Å². The highest BCUT2D eigenvalue weighted by Crippen LogP contribution is 2.29. The van der Waals surface area contributed by atoms with Crippen molar-refractivity contribution in [1.82, 2.24) is 0 Å². The van der Waals surface area contributed by atoms with Gasteiger partial charge in [-0.3, -0.25) is 4.72 Å². The molecule has 35 heavy (non-hydrogen) atoms. The fraction of sp³-hybridized carbons (Fsp3) is 0.269. The molecule has 1 aliphatic rings. The van der Waals surface area contributed by atoms with Gasteiger partial charge in [0, 0.05) is 31.9 Å². The fourth-order valence-electron chi connectivity index (χ4n) is 4.33. The van der Waals surface area contributed by atoms with Gasteiger partial charge in [-0.15, -0.1) is 0 Å². The van der Waals surface area contributed by atoms with Crippen LogP contribution in [-0.4, -0.2) is 45.7 Å². The molecule has 0 unspecified atom stereocenters. The Labute approximate surface area is 204 Å². The smallest absolute Gasteiger partial charge is 0.337 e. The van der Waals surface area contributed by atoms with Crippen LogP contribution in [0.1, 0.15) is 27.0 Å². The number of piperazine rings is 1. The van der Waals surface area contributed by atoms with Gasteiger partial charge in [-0.1, -0.05) is 18.2 Å². The van der Waals surface area contributed by atoms with Crippen molar-refractivity contribution in [3.8, 4) is 0 Å². The fourth-order valence-corrected chi connectivity index (χ4v) is 5.72. The first-order chi connectivity index (χ1) is 16.6. The first-order valence-electron chi connectivity index (χ1n) is 11.3. The normalized spacial score (nSPS) is 14.2. The molecule has 7 nitrogen and oxygen atoms in total. The number of halogens is 1. The third-order valence-electron chi connectivity index (χ3n) is 6.40. The summed E-state index contributed by atoms with van der Waals surface area (Å²) in [7, 11) is -3.99. The van der Waals surface area contributed by atoms with Crippen molar-refractivity contribution in [2.24, 2.45) is 0 Å². The molecule has 0 aliphatic carbocycles. The van der Waals surface area contributed by atoms with Crippen LogP contribution in [0, 0.1) is 26.6 Å². The monoisotopic (exact) mass is 497 g/mol. The molecule has 4 rings (SSSR count). The van der Waals surface area contributed by atoms with Crippen LogP contribution in [0.15, 0.2) is 59.5 Å². The second-order valence-corrected chi connectivity index (χ2v) is 10.4. The van der Waals surface area contributed by atoms with E-state index in [0.29, 0.717) is 43.1 Å². The predicted molar refractivity (Wildman–Crippen MR) is 136 cm³/mol. The van der Waals surface area contributed by atoms with Gasteiger partial charge < -0.3 is 14.9 Å². The van der Waals surface area contributed by atoms with Crippen LogP contribution in [0.5, 0.6) is 0 Å². The van der Waals surface area contributed by atoms with Crippen molar-refractivity contribution in [2.75, 3.05) is 40.7 Å². The van der Waals surface area contributed by atoms with Crippen molar-refractivity contribution in [3.63, 3.8) is 0 Å². The molecular weight excluding hydrogens is 469 g/mol. The summed E-state index contributed by atoms with van der Waals surface area (Å²) in [6, 6.07) is 14.7. The Hall–Kier alpha value is -3.59. The number of rotatable bonds is 6. The highest BCUT2D eigenvalue weighted by atomic mass is 32.2. The lowest BCUT2D eigenvalue weighted by Gasteiger charge is -2.37. The number of hydrogen-bond acceptors (Lipinski definition) is 5. The minimum Gasteiger partial charge on any atom is -0.478 e. The highest BCUT2D eigenvalue weighted by Gasteiger charge is 2.24. The van der Waals surface area contributed by atoms with Gasteiger partial charge in [-0.25, -0.2) is 17.6 Å². The van der Waals surface area contributed by atoms with Gasteiger partial charge in [-0.05, 0) is 73.9 Å². The molecule has 0 saturated carbocycles. The molecule has 0 bridgehead atoms. The number of aromatic carboxylic acids is 1. The number of para-hydroxylation sites is 1. The second kappa shape index (κ2) is 9.58. The number of anilines is 3. The molecule has 3 aromatic rings. The van der Waals surface area contributed by atoms with Crippen molar-refractivity contribution in [1.29, 1.82) is 0 Å². The van der Waals surface area contributed by atoms with E-state index in [4.69, 9.17) is 0 Å². The summed E-state index contributed by atoms with van der Waals surface area (Å²) in [4.78, 5) is 16.1. The molecule has 2 N–H and O–H groups in total. The van der Waals surface area contributed by atoms with Crippen LogP contribution in [0.2, 0.25) is 0 Å². The molecule has 9 heteroatoms. The van der Waals surface area contributed by atoms with Gasteiger partial charge >= 0.3 is 5.97 Å². The molecule has 1 saturated heterocycles. The van der Waals surface area contributed by atoms with Crippen LogP contribution in [-0.2, 0) is 10.0 Å². The number of hydrogen-bond donors (Lipinski definition) is 2. The van der Waals surface area contributed by atoms with E-state index in [1.54, 1.807) is 43.3 Å². The molecule has 1 aliphatic heterocycles. The maximum absolute atomic E-state index is 14.1. The lowest BCUT2D eigenvalue weighted by Crippen LogP contribution is -2.46. The topological polar surface area (TPSA) is 90.0 Å². The Morgan fingerprint density at radius 3 is 2.17 bits per heavy atom. The maximum atomic E-state index is 14.1. The summed E-state index contributed by atoms with van der Waals surface area (Å²) in [5.74, 6) is -1.50. The van der Waals surface area contributed by atoms with E-state index >= 15 is 0 Å². The molecule has 1 fully saturated rings. The Morgan fingerprint density at radius 1 is 0.886 bits per heavy atom. The molecule has 3 aromatic carbocycles. The molecular formula is C26H28FN3O4S. The van der Waals surface area contributed by atoms with E-state index in [1.165, 1.54) is 18.2 Å². The minimum atomic E-state index is -3.99. The number of aryl methyl sites for hydroxylation is 3. The Morgan fingerprint density at radius 2 is 1.51 bits per heavy atom. The van der Waals surface area contributed by atoms with Crippen molar-refractivity contribution < 1.29 is 22.7 Å². The summed E-state index contributed by atoms with van der Waals surface area (Å²) in [6.07, 6.45) is 0. The lowest BCUT2D eigenvalue weighted by atomic mass is 10.1. The van der Waals surface area contributed by atoms with E-state index in [9.17, 15) is 22.7 Å². The highest BCUT2D eigenvalue weighted by molar-refractivity contribution is 7.92. The summed E-state index contributed by atoms with van der Waals surface area (Å²) in [5, 5.41) is 9.81. The van der Waals surface area contributed by atoms with Crippen molar-refractivity contribution in [3.05, 3.63) is 82.7 Å². The zero-order chi connectivity index (χ0) is 25.3. The summed E-state index contributed by atoms with van der Waals surface area (Å²) in [6.45, 7) is 7.73. The van der Waals surface area contributed by atoms with E-state index < -0.39 is 16.0 Å². The summed E-state index contributed by atoms with van der Waals surface area (Å²) < 4.78 is 42.8. The Bertz CT molecular complexity index is 1380. The van der Waals surface area contributed by atoms with E-state index in [2.05, 4.69) is 4.72 Å². The largest absolute Gasteiger partial charge is 0.478 e. The van der Waals surface area contributed by atoms with Gasteiger partial charge in [0.05, 0.1) is 21.8 Å². The van der Waals surface area contributed by atoms with E-state index in [0.717, 1.165) is 11.1 Å². The summed E-state index contributed by atoms with van der Waals surface area (Å²) in [5.41, 5.74) is 3.48. The average molecular weight is 498 g/mol. The van der Waals surface area contributed by atoms with Gasteiger partial charge in [0.25, 0.3) is 10.0 Å². The average Bonchev–Trinajstić information content (AvgIpc) is 2.81. The summed E-state index contributed by atoms with van der Waals surface area (Å²) >= 11 is 0. The minimum absolute atomic E-state index is 0.00358. The zero-order valence-electron chi connectivity index (χ0n) is 19.9. The molecule has 1 heterocycles. The lowest BCUT2D eigenvalue weighted by molar-refractivity contribution is 0.0698. The van der Waals surface area contributed by atoms with Crippen molar-refractivity contribution >= 4 is 33.1 Å². The third kappa shape index (κ3) is 5.09. The van der Waals surface area contributed by atoms with Gasteiger partial charge in [0.2, 0.25) is 0 Å². The van der Waals surface area contributed by atoms with E-state index in [1.807, 2.05) is 23.6 Å². The van der Waals surface area contributed by atoms with Gasteiger partial charge in [0.15, 0.2) is 0 Å². The number of sulfonamides is 1. The second-order valence-electron chi connectivity index (χ2n) is 8.77. The quantitative estimate of drug-likeness (QED) is 0.518. The maximum Gasteiger partial charge on any atom is 0.337 e. The third-order valence-corrected chi connectivity index (χ3v) is 7.90. The van der Waals surface area contributed by atoms with Gasteiger partial charge in [0.1, 0.15) is 5.82 Å². The van der Waals surface area contributed by atoms with Gasteiger partial charge in [-0.2, -0.15) is 0 Å². The number of carboxylic acid groups (broad SMARTS) is 1. The number of carboxylic acids is 1. The molecule has 0 amide bonds. The van der Waals surface area contributed by atoms with Crippen LogP contribution < -0.4 is 14.5 Å². The van der Waals surface area contributed by atoms with Crippen LogP contribution in [0.3, 0.4) is 0 Å². The van der Waals surface area contributed by atoms with Crippen LogP contribution in [0.4, 0.5) is 21.5 Å². The number of nitrogens with zero attached hydrogens (tertiary/aromatic N) is 2. The first-order valence-corrected chi connectivity index (χ1v) is 12.8. The van der Waals surface area contributed by atoms with E-state index in [-0.39, 0.29) is 22.0 Å². The van der Waals surface area contributed by atoms with Crippen LogP contribution in [0.25, 0.3) is 0 Å². The molecule has 184 valence electrons. The standard InChI is InChI=1S/C26H28FN3O4S/c1-17-14-19(3)25(15-18(17)2)35(33,34)28-23-9-8-20(16-21(23)26(31)32)29-10-12-30(13-11-29)24-7-5-4-6-22(24)27/h4-9,14-16,28H,10-13H2,1-3H3,(H,31,32). The zero-order valence-corrected chi connectivity index (χ0v) is 20.7. The number of nitrogens with one attached hydrogen (secondary N) is 1. The number of carbonyl (C=O) groups is 1. The first kappa shape index (κ1) is 24.5. The SMILES string of the molecule is Cc1cc(C)c(S(=O)(=O)Nc2ccc(N3CCN(c4ccccc4F)CC3)cc2C(=O)O)cc1C. The molecule has 0 aromatic heterocycles. The molecule has 0 radical (unpaired) electrons. The van der Waals surface area contributed by atoms with Crippen molar-refractivity contribution in [2.45, 2.75) is 25.7 Å². The number of benzene rings is 3. The Balaban J connectivity index is 1.56. The molecule has 0 atom stereocenters. The Kier molecular flexibility index (Phi) is 6.71.